The number of nitrogens with one attached hydrogen (secondary N) is 1. The largest absolute Gasteiger partial charge is 0.377 e. The Morgan fingerprint density at radius 3 is 2.86 bits per heavy atom. The Hall–Kier alpha value is -2.91. The van der Waals surface area contributed by atoms with Gasteiger partial charge in [-0.15, -0.1) is 5.10 Å². The van der Waals surface area contributed by atoms with Crippen molar-refractivity contribution >= 4 is 22.9 Å². The molecular formula is C19H21ClN8O. The average Bonchev–Trinajstić information content (AvgIpc) is 3.41. The lowest BCUT2D eigenvalue weighted by atomic mass is 10.1. The summed E-state index contributed by atoms with van der Waals surface area (Å²) in [6.45, 7) is 6.16. The average molecular weight is 413 g/mol. The van der Waals surface area contributed by atoms with Crippen LogP contribution in [0.3, 0.4) is 0 Å². The van der Waals surface area contributed by atoms with Gasteiger partial charge in [0.15, 0.2) is 16.8 Å². The molecule has 0 radical (unpaired) electrons. The molecule has 0 amide bonds. The molecule has 4 aromatic heterocycles. The number of morpholine rings is 1. The molecule has 5 rings (SSSR count). The molecular weight excluding hydrogens is 392 g/mol. The van der Waals surface area contributed by atoms with Gasteiger partial charge in [-0.05, 0) is 32.0 Å². The molecule has 1 N–H and O–H groups in total. The van der Waals surface area contributed by atoms with Gasteiger partial charge in [0.1, 0.15) is 11.2 Å². The Balaban J connectivity index is 1.80. The van der Waals surface area contributed by atoms with Crippen LogP contribution in [0.15, 0.2) is 24.4 Å². The Morgan fingerprint density at radius 2 is 2.17 bits per heavy atom. The lowest BCUT2D eigenvalue weighted by Gasteiger charge is -2.34. The number of hydrogen-bond acceptors (Lipinski definition) is 6. The highest BCUT2D eigenvalue weighted by atomic mass is 35.5. The van der Waals surface area contributed by atoms with Crippen molar-refractivity contribution in [1.82, 2.24) is 34.6 Å². The first-order valence-corrected chi connectivity index (χ1v) is 9.85. The molecule has 150 valence electrons. The van der Waals surface area contributed by atoms with E-state index in [0.717, 1.165) is 40.5 Å². The summed E-state index contributed by atoms with van der Waals surface area (Å²) < 4.78 is 9.23. The fourth-order valence-electron chi connectivity index (χ4n) is 3.79. The quantitative estimate of drug-likeness (QED) is 0.556. The van der Waals surface area contributed by atoms with Gasteiger partial charge in [0.2, 0.25) is 0 Å². The predicted molar refractivity (Wildman–Crippen MR) is 110 cm³/mol. The monoisotopic (exact) mass is 412 g/mol. The highest BCUT2D eigenvalue weighted by molar-refractivity contribution is 6.33. The summed E-state index contributed by atoms with van der Waals surface area (Å²) in [5.41, 5.74) is 4.24. The second-order valence-corrected chi connectivity index (χ2v) is 7.64. The van der Waals surface area contributed by atoms with E-state index in [9.17, 15) is 0 Å². The predicted octanol–water partition coefficient (Wildman–Crippen LogP) is 2.71. The Kier molecular flexibility index (Phi) is 4.29. The van der Waals surface area contributed by atoms with Gasteiger partial charge in [0, 0.05) is 25.4 Å². The third-order valence-corrected chi connectivity index (χ3v) is 5.51. The zero-order chi connectivity index (χ0) is 20.1. The fourth-order valence-corrected chi connectivity index (χ4v) is 4.05. The van der Waals surface area contributed by atoms with Crippen LogP contribution in [0.25, 0.3) is 28.3 Å². The molecule has 1 aliphatic heterocycles. The van der Waals surface area contributed by atoms with Crippen molar-refractivity contribution in [1.29, 1.82) is 0 Å². The van der Waals surface area contributed by atoms with Crippen LogP contribution in [0.4, 0.5) is 5.82 Å². The zero-order valence-corrected chi connectivity index (χ0v) is 17.2. The maximum atomic E-state index is 6.61. The minimum Gasteiger partial charge on any atom is -0.377 e. The number of imidazole rings is 1. The van der Waals surface area contributed by atoms with Crippen molar-refractivity contribution in [2.24, 2.45) is 7.05 Å². The van der Waals surface area contributed by atoms with E-state index in [4.69, 9.17) is 21.4 Å². The highest BCUT2D eigenvalue weighted by Gasteiger charge is 2.25. The van der Waals surface area contributed by atoms with E-state index < -0.39 is 0 Å². The van der Waals surface area contributed by atoms with Crippen molar-refractivity contribution in [3.63, 3.8) is 0 Å². The van der Waals surface area contributed by atoms with Crippen LogP contribution < -0.4 is 4.90 Å². The summed E-state index contributed by atoms with van der Waals surface area (Å²) in [5.74, 6) is 1.47. The van der Waals surface area contributed by atoms with Gasteiger partial charge in [0.25, 0.3) is 0 Å². The first kappa shape index (κ1) is 18.1. The van der Waals surface area contributed by atoms with Crippen molar-refractivity contribution in [3.8, 4) is 22.8 Å². The number of aromatic amines is 1. The lowest BCUT2D eigenvalue weighted by molar-refractivity contribution is 0.0984. The summed E-state index contributed by atoms with van der Waals surface area (Å²) in [6.07, 6.45) is 1.77. The smallest absolute Gasteiger partial charge is 0.181 e. The zero-order valence-electron chi connectivity index (χ0n) is 16.4. The third kappa shape index (κ3) is 2.97. The molecule has 0 spiro atoms. The summed E-state index contributed by atoms with van der Waals surface area (Å²) in [6, 6.07) is 6.17. The maximum Gasteiger partial charge on any atom is 0.181 e. The minimum absolute atomic E-state index is 0.213. The summed E-state index contributed by atoms with van der Waals surface area (Å²) in [7, 11) is 1.91. The van der Waals surface area contributed by atoms with E-state index >= 15 is 0 Å². The molecule has 1 atom stereocenters. The number of anilines is 1. The van der Waals surface area contributed by atoms with Crippen LogP contribution in [0.5, 0.6) is 0 Å². The van der Waals surface area contributed by atoms with Gasteiger partial charge >= 0.3 is 0 Å². The second kappa shape index (κ2) is 6.85. The Morgan fingerprint density at radius 1 is 1.31 bits per heavy atom. The molecule has 9 nitrogen and oxygen atoms in total. The molecule has 1 fully saturated rings. The first-order valence-electron chi connectivity index (χ1n) is 9.47. The molecule has 4 aromatic rings. The third-order valence-electron chi connectivity index (χ3n) is 5.25. The minimum atomic E-state index is 0.213. The molecule has 1 saturated heterocycles. The van der Waals surface area contributed by atoms with Gasteiger partial charge in [0.05, 0.1) is 30.6 Å². The molecule has 0 aliphatic carbocycles. The van der Waals surface area contributed by atoms with Crippen molar-refractivity contribution < 1.29 is 4.74 Å². The Labute approximate surface area is 172 Å². The Bertz CT molecular complexity index is 1190. The number of rotatable bonds is 3. The molecule has 1 unspecified atom stereocenters. The number of aryl methyl sites for hydroxylation is 2. The number of hydrogen-bond donors (Lipinski definition) is 1. The van der Waals surface area contributed by atoms with E-state index in [0.29, 0.717) is 24.2 Å². The first-order chi connectivity index (χ1) is 14.0. The molecule has 10 heteroatoms. The van der Waals surface area contributed by atoms with E-state index in [1.54, 1.807) is 10.7 Å². The summed E-state index contributed by atoms with van der Waals surface area (Å²) in [4.78, 5) is 6.85. The van der Waals surface area contributed by atoms with Crippen molar-refractivity contribution in [2.45, 2.75) is 19.9 Å². The number of H-pyrrole nitrogens is 1. The second-order valence-electron chi connectivity index (χ2n) is 7.28. The topological polar surface area (TPSA) is 89.2 Å². The van der Waals surface area contributed by atoms with Gasteiger partial charge in [-0.1, -0.05) is 11.6 Å². The van der Waals surface area contributed by atoms with Crippen LogP contribution in [-0.4, -0.2) is 60.4 Å². The molecule has 0 aromatic carbocycles. The standard InChI is InChI=1S/C19H21ClN8O/c1-11-8-14(24-23-11)19-22-18(20)17-13(15-4-5-21-26(15)3)9-16(25-28(17)19)27-6-7-29-10-12(27)2/h4-5,8-9,12H,6-7,10H2,1-3H3,(H,23,24). The van der Waals surface area contributed by atoms with Crippen LogP contribution in [0, 0.1) is 6.92 Å². The van der Waals surface area contributed by atoms with E-state index in [-0.39, 0.29) is 6.04 Å². The maximum absolute atomic E-state index is 6.61. The lowest BCUT2D eigenvalue weighted by Crippen LogP contribution is -2.44. The van der Waals surface area contributed by atoms with Gasteiger partial charge < -0.3 is 9.64 Å². The summed E-state index contributed by atoms with van der Waals surface area (Å²) in [5, 5.41) is 16.9. The van der Waals surface area contributed by atoms with Crippen LogP contribution in [0.2, 0.25) is 5.15 Å². The molecule has 0 saturated carbocycles. The van der Waals surface area contributed by atoms with E-state index in [1.165, 1.54) is 0 Å². The number of ether oxygens (including phenoxy) is 1. The molecule has 29 heavy (non-hydrogen) atoms. The molecule has 0 bridgehead atoms. The normalized spacial score (nSPS) is 17.4. The number of nitrogens with zero attached hydrogens (tertiary/aromatic N) is 7. The van der Waals surface area contributed by atoms with Crippen molar-refractivity contribution in [2.75, 3.05) is 24.7 Å². The SMILES string of the molecule is Cc1cc(-c2nc(Cl)c3c(-c4ccnn4C)cc(N4CCOCC4C)nn23)[nH]n1. The van der Waals surface area contributed by atoms with Gasteiger partial charge in [-0.3, -0.25) is 9.78 Å². The fraction of sp³-hybridized carbons (Fsp3) is 0.368. The van der Waals surface area contributed by atoms with Crippen LogP contribution >= 0.6 is 11.6 Å². The van der Waals surface area contributed by atoms with Gasteiger partial charge in [-0.2, -0.15) is 10.2 Å². The van der Waals surface area contributed by atoms with E-state index in [2.05, 4.69) is 38.2 Å². The van der Waals surface area contributed by atoms with Gasteiger partial charge in [-0.25, -0.2) is 9.50 Å². The molecule has 1 aliphatic rings. The molecule has 5 heterocycles. The van der Waals surface area contributed by atoms with Crippen molar-refractivity contribution in [3.05, 3.63) is 35.2 Å². The van der Waals surface area contributed by atoms with Crippen LogP contribution in [0.1, 0.15) is 12.6 Å². The highest BCUT2D eigenvalue weighted by Crippen LogP contribution is 2.35. The summed E-state index contributed by atoms with van der Waals surface area (Å²) >= 11 is 6.61. The number of fused-ring (bicyclic) bond motifs is 1. The number of halogens is 1. The number of aromatic nitrogens is 7. The van der Waals surface area contributed by atoms with Crippen LogP contribution in [-0.2, 0) is 11.8 Å². The van der Waals surface area contributed by atoms with E-state index in [1.807, 2.05) is 30.8 Å².